The average molecular weight is 282 g/mol. The van der Waals surface area contributed by atoms with E-state index in [9.17, 15) is 0 Å². The molecule has 2 heterocycles. The standard InChI is InChI=1S/C11H12BrN3O/c1-6-4-5-16-9(6)11-14-7(2)8(12)10(13-3)15-11/h4-5H,1-3H3,(H,13,14,15). The molecule has 0 fully saturated rings. The fourth-order valence-corrected chi connectivity index (χ4v) is 1.80. The van der Waals surface area contributed by atoms with Crippen LogP contribution in [0.3, 0.4) is 0 Å². The van der Waals surface area contributed by atoms with Gasteiger partial charge in [-0.1, -0.05) is 0 Å². The van der Waals surface area contributed by atoms with E-state index in [2.05, 4.69) is 31.2 Å². The Morgan fingerprint density at radius 3 is 2.62 bits per heavy atom. The van der Waals surface area contributed by atoms with Gasteiger partial charge in [0, 0.05) is 7.05 Å². The van der Waals surface area contributed by atoms with E-state index < -0.39 is 0 Å². The molecule has 0 bridgehead atoms. The summed E-state index contributed by atoms with van der Waals surface area (Å²) >= 11 is 3.44. The van der Waals surface area contributed by atoms with Crippen molar-refractivity contribution in [3.63, 3.8) is 0 Å². The van der Waals surface area contributed by atoms with Crippen LogP contribution in [0.4, 0.5) is 5.82 Å². The topological polar surface area (TPSA) is 51.0 Å². The molecule has 16 heavy (non-hydrogen) atoms. The van der Waals surface area contributed by atoms with E-state index in [1.807, 2.05) is 27.0 Å². The molecule has 0 saturated heterocycles. The molecule has 84 valence electrons. The van der Waals surface area contributed by atoms with Crippen LogP contribution in [-0.4, -0.2) is 17.0 Å². The van der Waals surface area contributed by atoms with Crippen molar-refractivity contribution < 1.29 is 4.42 Å². The van der Waals surface area contributed by atoms with Crippen molar-refractivity contribution in [1.82, 2.24) is 9.97 Å². The van der Waals surface area contributed by atoms with Gasteiger partial charge in [0.15, 0.2) is 11.6 Å². The Morgan fingerprint density at radius 2 is 2.06 bits per heavy atom. The minimum absolute atomic E-state index is 0.604. The molecule has 0 atom stereocenters. The lowest BCUT2D eigenvalue weighted by molar-refractivity contribution is 0.575. The summed E-state index contributed by atoms with van der Waals surface area (Å²) in [6.07, 6.45) is 1.64. The van der Waals surface area contributed by atoms with E-state index in [0.717, 1.165) is 21.5 Å². The van der Waals surface area contributed by atoms with Crippen LogP contribution in [0.2, 0.25) is 0 Å². The second kappa shape index (κ2) is 4.25. The van der Waals surface area contributed by atoms with Gasteiger partial charge in [0.25, 0.3) is 0 Å². The third-order valence-corrected chi connectivity index (χ3v) is 3.27. The minimum atomic E-state index is 0.604. The molecule has 0 unspecified atom stereocenters. The number of halogens is 1. The van der Waals surface area contributed by atoms with E-state index >= 15 is 0 Å². The number of anilines is 1. The molecular weight excluding hydrogens is 270 g/mol. The highest BCUT2D eigenvalue weighted by Crippen LogP contribution is 2.28. The first kappa shape index (κ1) is 11.1. The van der Waals surface area contributed by atoms with Crippen molar-refractivity contribution in [2.45, 2.75) is 13.8 Å². The number of hydrogen-bond acceptors (Lipinski definition) is 4. The van der Waals surface area contributed by atoms with Gasteiger partial charge in [-0.2, -0.15) is 0 Å². The Balaban J connectivity index is 2.59. The van der Waals surface area contributed by atoms with Gasteiger partial charge in [-0.25, -0.2) is 9.97 Å². The summed E-state index contributed by atoms with van der Waals surface area (Å²) in [6, 6.07) is 1.90. The van der Waals surface area contributed by atoms with Crippen molar-refractivity contribution in [2.75, 3.05) is 12.4 Å². The maximum atomic E-state index is 5.38. The molecule has 0 amide bonds. The average Bonchev–Trinajstić information content (AvgIpc) is 2.68. The molecule has 0 spiro atoms. The van der Waals surface area contributed by atoms with E-state index in [1.54, 1.807) is 6.26 Å². The van der Waals surface area contributed by atoms with Crippen LogP contribution in [-0.2, 0) is 0 Å². The van der Waals surface area contributed by atoms with E-state index in [1.165, 1.54) is 0 Å². The molecule has 0 aromatic carbocycles. The number of rotatable bonds is 2. The SMILES string of the molecule is CNc1nc(-c2occc2C)nc(C)c1Br. The van der Waals surface area contributed by atoms with Crippen molar-refractivity contribution in [3.05, 3.63) is 28.1 Å². The van der Waals surface area contributed by atoms with Crippen molar-refractivity contribution in [1.29, 1.82) is 0 Å². The second-order valence-electron chi connectivity index (χ2n) is 3.48. The first-order valence-electron chi connectivity index (χ1n) is 4.90. The minimum Gasteiger partial charge on any atom is -0.461 e. The Bertz CT molecular complexity index is 522. The van der Waals surface area contributed by atoms with Gasteiger partial charge in [0.05, 0.1) is 16.4 Å². The molecule has 0 saturated carbocycles. The molecule has 0 radical (unpaired) electrons. The fraction of sp³-hybridized carbons (Fsp3) is 0.273. The summed E-state index contributed by atoms with van der Waals surface area (Å²) in [6.45, 7) is 3.90. The Hall–Kier alpha value is -1.36. The van der Waals surface area contributed by atoms with Gasteiger partial charge >= 0.3 is 0 Å². The number of aromatic nitrogens is 2. The van der Waals surface area contributed by atoms with Gasteiger partial charge in [-0.3, -0.25) is 0 Å². The van der Waals surface area contributed by atoms with Crippen molar-refractivity contribution in [2.24, 2.45) is 0 Å². The highest BCUT2D eigenvalue weighted by atomic mass is 79.9. The van der Waals surface area contributed by atoms with Gasteiger partial charge in [-0.15, -0.1) is 0 Å². The molecule has 2 rings (SSSR count). The smallest absolute Gasteiger partial charge is 0.198 e. The molecular formula is C11H12BrN3O. The van der Waals surface area contributed by atoms with Crippen molar-refractivity contribution in [3.8, 4) is 11.6 Å². The van der Waals surface area contributed by atoms with Gasteiger partial charge in [-0.05, 0) is 41.4 Å². The van der Waals surface area contributed by atoms with Crippen LogP contribution in [0, 0.1) is 13.8 Å². The third kappa shape index (κ3) is 1.82. The lowest BCUT2D eigenvalue weighted by Crippen LogP contribution is -2.00. The molecule has 1 N–H and O–H groups in total. The quantitative estimate of drug-likeness (QED) is 0.919. The van der Waals surface area contributed by atoms with Gasteiger partial charge in [0.1, 0.15) is 5.82 Å². The highest BCUT2D eigenvalue weighted by molar-refractivity contribution is 9.10. The van der Waals surface area contributed by atoms with E-state index in [0.29, 0.717) is 11.6 Å². The Morgan fingerprint density at radius 1 is 1.31 bits per heavy atom. The molecule has 0 aliphatic carbocycles. The van der Waals surface area contributed by atoms with Crippen LogP contribution in [0.1, 0.15) is 11.3 Å². The normalized spacial score (nSPS) is 10.5. The summed E-state index contributed by atoms with van der Waals surface area (Å²) in [4.78, 5) is 8.78. The number of hydrogen-bond donors (Lipinski definition) is 1. The zero-order valence-electron chi connectivity index (χ0n) is 9.34. The summed E-state index contributed by atoms with van der Waals surface area (Å²) in [7, 11) is 1.82. The maximum Gasteiger partial charge on any atom is 0.198 e. The predicted molar refractivity (Wildman–Crippen MR) is 66.5 cm³/mol. The molecule has 2 aromatic heterocycles. The van der Waals surface area contributed by atoms with Gasteiger partial charge < -0.3 is 9.73 Å². The largest absolute Gasteiger partial charge is 0.461 e. The monoisotopic (exact) mass is 281 g/mol. The van der Waals surface area contributed by atoms with Crippen molar-refractivity contribution >= 4 is 21.7 Å². The summed E-state index contributed by atoms with van der Waals surface area (Å²) < 4.78 is 6.25. The third-order valence-electron chi connectivity index (χ3n) is 2.32. The number of nitrogens with zero attached hydrogens (tertiary/aromatic N) is 2. The highest BCUT2D eigenvalue weighted by Gasteiger charge is 2.13. The molecule has 0 aliphatic heterocycles. The molecule has 5 heteroatoms. The van der Waals surface area contributed by atoms with E-state index in [4.69, 9.17) is 4.42 Å². The lowest BCUT2D eigenvalue weighted by Gasteiger charge is -2.07. The fourth-order valence-electron chi connectivity index (χ4n) is 1.43. The van der Waals surface area contributed by atoms with Crippen LogP contribution in [0.25, 0.3) is 11.6 Å². The number of furan rings is 1. The molecule has 4 nitrogen and oxygen atoms in total. The number of nitrogens with one attached hydrogen (secondary N) is 1. The molecule has 2 aromatic rings. The summed E-state index contributed by atoms with van der Waals surface area (Å²) in [5.74, 6) is 2.08. The van der Waals surface area contributed by atoms with Crippen LogP contribution >= 0.6 is 15.9 Å². The maximum absolute atomic E-state index is 5.38. The Labute approximate surface area is 102 Å². The first-order chi connectivity index (χ1) is 7.63. The molecule has 0 aliphatic rings. The first-order valence-corrected chi connectivity index (χ1v) is 5.69. The zero-order chi connectivity index (χ0) is 11.7. The van der Waals surface area contributed by atoms with Crippen LogP contribution < -0.4 is 5.32 Å². The number of aryl methyl sites for hydroxylation is 2. The lowest BCUT2D eigenvalue weighted by atomic mass is 10.2. The van der Waals surface area contributed by atoms with E-state index in [-0.39, 0.29) is 0 Å². The summed E-state index contributed by atoms with van der Waals surface area (Å²) in [5, 5.41) is 3.02. The second-order valence-corrected chi connectivity index (χ2v) is 4.27. The zero-order valence-corrected chi connectivity index (χ0v) is 10.9. The summed E-state index contributed by atoms with van der Waals surface area (Å²) in [5.41, 5.74) is 1.91. The van der Waals surface area contributed by atoms with Crippen LogP contribution in [0.5, 0.6) is 0 Å². The predicted octanol–water partition coefficient (Wildman–Crippen LogP) is 3.16. The Kier molecular flexibility index (Phi) is 2.96. The van der Waals surface area contributed by atoms with Gasteiger partial charge in [0.2, 0.25) is 0 Å². The van der Waals surface area contributed by atoms with Crippen LogP contribution in [0.15, 0.2) is 21.2 Å².